The maximum atomic E-state index is 13.2. The normalized spacial score (nSPS) is 14.7. The molecule has 3 heteroatoms. The number of ketones is 2. The van der Waals surface area contributed by atoms with Crippen molar-refractivity contribution in [1.82, 2.24) is 5.32 Å². The van der Waals surface area contributed by atoms with Crippen molar-refractivity contribution in [2.45, 2.75) is 107 Å². The van der Waals surface area contributed by atoms with Crippen LogP contribution < -0.4 is 5.32 Å². The summed E-state index contributed by atoms with van der Waals surface area (Å²) in [7, 11) is 0. The number of unbranched alkanes of at least 4 members (excludes halogenated alkanes) is 2. The zero-order valence-corrected chi connectivity index (χ0v) is 23.0. The van der Waals surface area contributed by atoms with E-state index in [4.69, 9.17) is 0 Å². The van der Waals surface area contributed by atoms with Crippen LogP contribution in [-0.2, 0) is 9.59 Å². The van der Waals surface area contributed by atoms with E-state index in [-0.39, 0.29) is 22.2 Å². The number of hydrogen-bond acceptors (Lipinski definition) is 3. The Labute approximate surface area is 204 Å². The molecule has 0 fully saturated rings. The summed E-state index contributed by atoms with van der Waals surface area (Å²) in [5.74, 6) is 1.14. The first-order valence-electron chi connectivity index (χ1n) is 13.0. The molecule has 1 N–H and O–H groups in total. The van der Waals surface area contributed by atoms with Gasteiger partial charge in [0.2, 0.25) is 0 Å². The zero-order chi connectivity index (χ0) is 25.3. The second kappa shape index (κ2) is 12.8. The molecule has 0 bridgehead atoms. The summed E-state index contributed by atoms with van der Waals surface area (Å²) < 4.78 is 0. The number of carbonyl (C=O) groups excluding carboxylic acids is 2. The van der Waals surface area contributed by atoms with Crippen LogP contribution in [0.2, 0.25) is 0 Å². The molecule has 0 saturated carbocycles. The van der Waals surface area contributed by atoms with Gasteiger partial charge in [-0.2, -0.15) is 0 Å². The smallest absolute Gasteiger partial charge is 0.150 e. The number of rotatable bonds is 13. The third-order valence-corrected chi connectivity index (χ3v) is 6.82. The van der Waals surface area contributed by atoms with Crippen LogP contribution in [0.1, 0.15) is 112 Å². The van der Waals surface area contributed by atoms with Gasteiger partial charge in [0.05, 0.1) is 6.54 Å². The minimum absolute atomic E-state index is 0.0444. The summed E-state index contributed by atoms with van der Waals surface area (Å²) >= 11 is 0. The van der Waals surface area contributed by atoms with Gasteiger partial charge in [0.25, 0.3) is 0 Å². The molecule has 33 heavy (non-hydrogen) atoms. The largest absolute Gasteiger partial charge is 0.310 e. The fourth-order valence-electron chi connectivity index (χ4n) is 4.62. The molecule has 0 spiro atoms. The summed E-state index contributed by atoms with van der Waals surface area (Å²) in [6, 6.07) is 10.7. The molecule has 2 unspecified atom stereocenters. The lowest BCUT2D eigenvalue weighted by Crippen LogP contribution is -2.36. The van der Waals surface area contributed by atoms with E-state index in [0.29, 0.717) is 30.4 Å². The lowest BCUT2D eigenvalue weighted by atomic mass is 9.69. The van der Waals surface area contributed by atoms with Crippen molar-refractivity contribution < 1.29 is 9.59 Å². The third-order valence-electron chi connectivity index (χ3n) is 6.82. The van der Waals surface area contributed by atoms with E-state index in [1.54, 1.807) is 0 Å². The average Bonchev–Trinajstić information content (AvgIpc) is 2.68. The van der Waals surface area contributed by atoms with E-state index in [1.807, 2.05) is 20.8 Å². The first-order valence-corrected chi connectivity index (χ1v) is 13.0. The molecule has 0 radical (unpaired) electrons. The summed E-state index contributed by atoms with van der Waals surface area (Å²) in [6.45, 7) is 20.7. The molecule has 0 aromatic heterocycles. The molecular formula is C30H51NO2. The first-order chi connectivity index (χ1) is 15.1. The third kappa shape index (κ3) is 11.0. The Bertz CT molecular complexity index is 716. The second-order valence-electron chi connectivity index (χ2n) is 13.0. The maximum Gasteiger partial charge on any atom is 0.150 e. The van der Waals surface area contributed by atoms with E-state index >= 15 is 0 Å². The molecule has 1 rings (SSSR count). The SMILES string of the molecule is CC(C)(C)C(=O)CCCCCNCC(=O)C(CCC(c1ccccc1)C(C)(C)C)C(C)(C)C. The van der Waals surface area contributed by atoms with E-state index < -0.39 is 0 Å². The Morgan fingerprint density at radius 2 is 1.39 bits per heavy atom. The molecule has 0 heterocycles. The molecule has 2 atom stereocenters. The predicted molar refractivity (Wildman–Crippen MR) is 142 cm³/mol. The molecule has 1 aromatic rings. The minimum atomic E-state index is -0.237. The van der Waals surface area contributed by atoms with Crippen molar-refractivity contribution in [3.05, 3.63) is 35.9 Å². The van der Waals surface area contributed by atoms with Crippen LogP contribution >= 0.6 is 0 Å². The molecule has 3 nitrogen and oxygen atoms in total. The van der Waals surface area contributed by atoms with Crippen LogP contribution in [0.3, 0.4) is 0 Å². The van der Waals surface area contributed by atoms with Gasteiger partial charge >= 0.3 is 0 Å². The van der Waals surface area contributed by atoms with Gasteiger partial charge in [0.15, 0.2) is 0 Å². The molecule has 0 aliphatic carbocycles. The molecular weight excluding hydrogens is 406 g/mol. The topological polar surface area (TPSA) is 46.2 Å². The van der Waals surface area contributed by atoms with E-state index in [2.05, 4.69) is 77.2 Å². The van der Waals surface area contributed by atoms with Gasteiger partial charge in [0, 0.05) is 17.8 Å². The molecule has 1 aromatic carbocycles. The Morgan fingerprint density at radius 3 is 1.91 bits per heavy atom. The zero-order valence-electron chi connectivity index (χ0n) is 23.0. The number of nitrogens with one attached hydrogen (secondary N) is 1. The maximum absolute atomic E-state index is 13.2. The van der Waals surface area contributed by atoms with Gasteiger partial charge in [0.1, 0.15) is 11.6 Å². The number of hydrogen-bond donors (Lipinski definition) is 1. The molecule has 0 aliphatic rings. The Balaban J connectivity index is 2.55. The Morgan fingerprint density at radius 1 is 0.788 bits per heavy atom. The quantitative estimate of drug-likeness (QED) is 0.310. The predicted octanol–water partition coefficient (Wildman–Crippen LogP) is 7.59. The fourth-order valence-corrected chi connectivity index (χ4v) is 4.62. The van der Waals surface area contributed by atoms with Crippen LogP contribution in [0.15, 0.2) is 30.3 Å². The van der Waals surface area contributed by atoms with Crippen LogP contribution in [0.25, 0.3) is 0 Å². The first kappa shape index (κ1) is 29.6. The van der Waals surface area contributed by atoms with Gasteiger partial charge in [-0.3, -0.25) is 9.59 Å². The van der Waals surface area contributed by atoms with Crippen LogP contribution in [0.4, 0.5) is 0 Å². The molecule has 188 valence electrons. The van der Waals surface area contributed by atoms with Crippen LogP contribution in [-0.4, -0.2) is 24.7 Å². The standard InChI is InChI=1S/C30H51NO2/c1-28(2,3)24(23-16-12-10-13-17-23)19-20-25(29(4,5)6)26(32)22-31-21-15-11-14-18-27(33)30(7,8)9/h10,12-13,16-17,24-25,31H,11,14-15,18-22H2,1-9H3. The van der Waals surface area contributed by atoms with Gasteiger partial charge in [-0.1, -0.05) is 99.1 Å². The van der Waals surface area contributed by atoms with Crippen molar-refractivity contribution in [3.8, 4) is 0 Å². The number of Topliss-reactive ketones (excluding diaryl/α,β-unsaturated/α-hetero) is 2. The van der Waals surface area contributed by atoms with Crippen LogP contribution in [0, 0.1) is 22.2 Å². The summed E-state index contributed by atoms with van der Waals surface area (Å²) in [6.07, 6.45) is 5.55. The number of benzene rings is 1. The van der Waals surface area contributed by atoms with Crippen LogP contribution in [0.5, 0.6) is 0 Å². The highest BCUT2D eigenvalue weighted by Crippen LogP contribution is 2.41. The van der Waals surface area contributed by atoms with E-state index in [0.717, 1.165) is 38.6 Å². The summed E-state index contributed by atoms with van der Waals surface area (Å²) in [4.78, 5) is 25.2. The van der Waals surface area contributed by atoms with E-state index in [9.17, 15) is 9.59 Å². The molecule has 0 amide bonds. The highest BCUT2D eigenvalue weighted by molar-refractivity contribution is 5.84. The van der Waals surface area contributed by atoms with Crippen molar-refractivity contribution >= 4 is 11.6 Å². The molecule has 0 aliphatic heterocycles. The summed E-state index contributed by atoms with van der Waals surface area (Å²) in [5.41, 5.74) is 1.23. The summed E-state index contributed by atoms with van der Waals surface area (Å²) in [5, 5.41) is 3.37. The Hall–Kier alpha value is -1.48. The van der Waals surface area contributed by atoms with Crippen molar-refractivity contribution in [3.63, 3.8) is 0 Å². The van der Waals surface area contributed by atoms with Gasteiger partial charge in [-0.15, -0.1) is 0 Å². The van der Waals surface area contributed by atoms with Crippen molar-refractivity contribution in [1.29, 1.82) is 0 Å². The van der Waals surface area contributed by atoms with Gasteiger partial charge in [-0.25, -0.2) is 0 Å². The number of carbonyl (C=O) groups is 2. The highest BCUT2D eigenvalue weighted by Gasteiger charge is 2.33. The Kier molecular flexibility index (Phi) is 11.5. The lowest BCUT2D eigenvalue weighted by molar-refractivity contribution is -0.126. The van der Waals surface area contributed by atoms with Gasteiger partial charge < -0.3 is 5.32 Å². The van der Waals surface area contributed by atoms with E-state index in [1.165, 1.54) is 5.56 Å². The van der Waals surface area contributed by atoms with Gasteiger partial charge in [-0.05, 0) is 54.5 Å². The lowest BCUT2D eigenvalue weighted by Gasteiger charge is -2.35. The van der Waals surface area contributed by atoms with Crippen molar-refractivity contribution in [2.75, 3.05) is 13.1 Å². The average molecular weight is 458 g/mol. The monoisotopic (exact) mass is 457 g/mol. The second-order valence-corrected chi connectivity index (χ2v) is 13.0. The molecule has 0 saturated heterocycles. The minimum Gasteiger partial charge on any atom is -0.310 e. The van der Waals surface area contributed by atoms with Crippen molar-refractivity contribution in [2.24, 2.45) is 22.2 Å². The fraction of sp³-hybridized carbons (Fsp3) is 0.733. The highest BCUT2D eigenvalue weighted by atomic mass is 16.1.